The van der Waals surface area contributed by atoms with Gasteiger partial charge in [-0.3, -0.25) is 0 Å². The highest BCUT2D eigenvalue weighted by molar-refractivity contribution is 5.65. The molecule has 2 aromatic rings. The van der Waals surface area contributed by atoms with Crippen molar-refractivity contribution in [2.75, 3.05) is 19.5 Å². The van der Waals surface area contributed by atoms with Crippen LogP contribution in [0.2, 0.25) is 0 Å². The molecule has 0 radical (unpaired) electrons. The van der Waals surface area contributed by atoms with E-state index in [9.17, 15) is 0 Å². The van der Waals surface area contributed by atoms with Crippen LogP contribution in [0.15, 0.2) is 30.6 Å². The maximum atomic E-state index is 8.65. The van der Waals surface area contributed by atoms with E-state index in [1.54, 1.807) is 20.3 Å². The quantitative estimate of drug-likeness (QED) is 0.902. The summed E-state index contributed by atoms with van der Waals surface area (Å²) in [5.74, 6) is 1.86. The summed E-state index contributed by atoms with van der Waals surface area (Å²) in [6, 6.07) is 7.30. The maximum absolute atomic E-state index is 8.65. The Morgan fingerprint density at radius 2 is 2.00 bits per heavy atom. The van der Waals surface area contributed by atoms with E-state index in [-0.39, 0.29) is 5.69 Å². The number of methoxy groups -OCH3 is 2. The molecule has 0 aliphatic heterocycles. The molecule has 2 rings (SSSR count). The summed E-state index contributed by atoms with van der Waals surface area (Å²) in [6.07, 6.45) is 2.89. The summed E-state index contributed by atoms with van der Waals surface area (Å²) in [4.78, 5) is 8.01. The van der Waals surface area contributed by atoms with E-state index in [1.807, 2.05) is 18.2 Å². The number of hydrogen-bond acceptors (Lipinski definition) is 6. The smallest absolute Gasteiger partial charge is 0.158 e. The summed E-state index contributed by atoms with van der Waals surface area (Å²) in [6.45, 7) is 0. The number of aromatic nitrogens is 2. The van der Waals surface area contributed by atoms with Crippen molar-refractivity contribution in [2.45, 2.75) is 0 Å². The second-order valence-electron chi connectivity index (χ2n) is 3.59. The molecule has 0 spiro atoms. The number of rotatable bonds is 4. The molecule has 19 heavy (non-hydrogen) atoms. The molecule has 0 fully saturated rings. The number of nitrogens with zero attached hydrogens (tertiary/aromatic N) is 3. The van der Waals surface area contributed by atoms with Gasteiger partial charge in [0, 0.05) is 6.07 Å². The first kappa shape index (κ1) is 12.6. The summed E-state index contributed by atoms with van der Waals surface area (Å²) in [5.41, 5.74) is 1.01. The average Bonchev–Trinajstić information content (AvgIpc) is 2.48. The topological polar surface area (TPSA) is 80.1 Å². The molecule has 0 saturated carbocycles. The van der Waals surface area contributed by atoms with Crippen LogP contribution in [0.5, 0.6) is 11.5 Å². The summed E-state index contributed by atoms with van der Waals surface area (Å²) < 4.78 is 10.4. The number of ether oxygens (including phenoxy) is 2. The monoisotopic (exact) mass is 256 g/mol. The largest absolute Gasteiger partial charge is 0.497 e. The van der Waals surface area contributed by atoms with Gasteiger partial charge in [0.25, 0.3) is 0 Å². The SMILES string of the molecule is COc1ccc(Nc2cnc(C#N)cn2)c(OC)c1. The third-order valence-electron chi connectivity index (χ3n) is 2.44. The number of hydrogen-bond donors (Lipinski definition) is 1. The molecule has 6 heteroatoms. The number of anilines is 2. The Morgan fingerprint density at radius 3 is 2.58 bits per heavy atom. The molecule has 1 heterocycles. The number of benzene rings is 1. The van der Waals surface area contributed by atoms with Gasteiger partial charge in [0.2, 0.25) is 0 Å². The molecule has 0 unspecified atom stereocenters. The van der Waals surface area contributed by atoms with Crippen molar-refractivity contribution in [1.82, 2.24) is 9.97 Å². The minimum Gasteiger partial charge on any atom is -0.497 e. The zero-order chi connectivity index (χ0) is 13.7. The Hall–Kier alpha value is -2.81. The Labute approximate surface area is 110 Å². The van der Waals surface area contributed by atoms with Crippen LogP contribution < -0.4 is 14.8 Å². The van der Waals surface area contributed by atoms with Crippen molar-refractivity contribution < 1.29 is 9.47 Å². The Balaban J connectivity index is 2.24. The highest BCUT2D eigenvalue weighted by Crippen LogP contribution is 2.30. The third-order valence-corrected chi connectivity index (χ3v) is 2.44. The molecule has 96 valence electrons. The van der Waals surface area contributed by atoms with Crippen molar-refractivity contribution in [3.63, 3.8) is 0 Å². The van der Waals surface area contributed by atoms with Crippen molar-refractivity contribution in [2.24, 2.45) is 0 Å². The first-order chi connectivity index (χ1) is 9.26. The molecule has 1 N–H and O–H groups in total. The van der Waals surface area contributed by atoms with Crippen molar-refractivity contribution in [3.05, 3.63) is 36.3 Å². The molecule has 0 bridgehead atoms. The van der Waals surface area contributed by atoms with Gasteiger partial charge in [-0.1, -0.05) is 0 Å². The maximum Gasteiger partial charge on any atom is 0.158 e. The van der Waals surface area contributed by atoms with Crippen molar-refractivity contribution in [1.29, 1.82) is 5.26 Å². The molecule has 0 atom stereocenters. The lowest BCUT2D eigenvalue weighted by Crippen LogP contribution is -1.98. The second kappa shape index (κ2) is 5.69. The Kier molecular flexibility index (Phi) is 3.78. The van der Waals surface area contributed by atoms with E-state index >= 15 is 0 Å². The van der Waals surface area contributed by atoms with E-state index in [1.165, 1.54) is 12.4 Å². The number of nitriles is 1. The van der Waals surface area contributed by atoms with Crippen LogP contribution in [-0.2, 0) is 0 Å². The van der Waals surface area contributed by atoms with E-state index < -0.39 is 0 Å². The van der Waals surface area contributed by atoms with Gasteiger partial charge in [0.1, 0.15) is 23.4 Å². The van der Waals surface area contributed by atoms with Gasteiger partial charge in [-0.05, 0) is 12.1 Å². The van der Waals surface area contributed by atoms with Crippen LogP contribution in [-0.4, -0.2) is 24.2 Å². The summed E-state index contributed by atoms with van der Waals surface area (Å²) >= 11 is 0. The molecule has 0 aliphatic carbocycles. The summed E-state index contributed by atoms with van der Waals surface area (Å²) in [5, 5.41) is 11.7. The third kappa shape index (κ3) is 2.90. The van der Waals surface area contributed by atoms with Crippen LogP contribution in [0.3, 0.4) is 0 Å². The zero-order valence-electron chi connectivity index (χ0n) is 10.5. The van der Waals surface area contributed by atoms with Gasteiger partial charge in [-0.25, -0.2) is 9.97 Å². The molecular weight excluding hydrogens is 244 g/mol. The standard InChI is InChI=1S/C13H12N4O2/c1-18-10-3-4-11(12(5-10)19-2)17-13-8-15-9(6-14)7-16-13/h3-5,7-8H,1-2H3,(H,16,17). The normalized spacial score (nSPS) is 9.53. The van der Waals surface area contributed by atoms with Gasteiger partial charge >= 0.3 is 0 Å². The highest BCUT2D eigenvalue weighted by atomic mass is 16.5. The molecular formula is C13H12N4O2. The molecule has 6 nitrogen and oxygen atoms in total. The minimum absolute atomic E-state index is 0.271. The first-order valence-corrected chi connectivity index (χ1v) is 5.48. The predicted molar refractivity (Wildman–Crippen MR) is 69.6 cm³/mol. The fourth-order valence-electron chi connectivity index (χ4n) is 1.49. The van der Waals surface area contributed by atoms with Gasteiger partial charge in [-0.15, -0.1) is 0 Å². The Morgan fingerprint density at radius 1 is 1.16 bits per heavy atom. The second-order valence-corrected chi connectivity index (χ2v) is 3.59. The molecule has 0 amide bonds. The molecule has 0 aliphatic rings. The fourth-order valence-corrected chi connectivity index (χ4v) is 1.49. The van der Waals surface area contributed by atoms with Gasteiger partial charge in [0.15, 0.2) is 5.69 Å². The van der Waals surface area contributed by atoms with Crippen LogP contribution in [0, 0.1) is 11.3 Å². The van der Waals surface area contributed by atoms with Crippen LogP contribution in [0.25, 0.3) is 0 Å². The minimum atomic E-state index is 0.271. The van der Waals surface area contributed by atoms with Gasteiger partial charge < -0.3 is 14.8 Å². The zero-order valence-corrected chi connectivity index (χ0v) is 10.5. The van der Waals surface area contributed by atoms with Gasteiger partial charge in [0.05, 0.1) is 32.3 Å². The van der Waals surface area contributed by atoms with Crippen LogP contribution in [0.4, 0.5) is 11.5 Å². The molecule has 0 saturated heterocycles. The van der Waals surface area contributed by atoms with Crippen LogP contribution in [0.1, 0.15) is 5.69 Å². The van der Waals surface area contributed by atoms with Gasteiger partial charge in [-0.2, -0.15) is 5.26 Å². The highest BCUT2D eigenvalue weighted by Gasteiger charge is 2.06. The lowest BCUT2D eigenvalue weighted by molar-refractivity contribution is 0.395. The average molecular weight is 256 g/mol. The van der Waals surface area contributed by atoms with E-state index in [2.05, 4.69) is 15.3 Å². The lowest BCUT2D eigenvalue weighted by Gasteiger charge is -2.11. The fraction of sp³-hybridized carbons (Fsp3) is 0.154. The van der Waals surface area contributed by atoms with E-state index in [0.29, 0.717) is 17.3 Å². The van der Waals surface area contributed by atoms with Crippen molar-refractivity contribution >= 4 is 11.5 Å². The van der Waals surface area contributed by atoms with Crippen molar-refractivity contribution in [3.8, 4) is 17.6 Å². The van der Waals surface area contributed by atoms with E-state index in [4.69, 9.17) is 14.7 Å². The molecule has 1 aromatic carbocycles. The molecule has 1 aromatic heterocycles. The number of nitrogens with one attached hydrogen (secondary N) is 1. The summed E-state index contributed by atoms with van der Waals surface area (Å²) in [7, 11) is 3.17. The lowest BCUT2D eigenvalue weighted by atomic mass is 10.2. The van der Waals surface area contributed by atoms with Crippen LogP contribution >= 0.6 is 0 Å². The van der Waals surface area contributed by atoms with E-state index in [0.717, 1.165) is 5.69 Å². The first-order valence-electron chi connectivity index (χ1n) is 5.48. The Bertz CT molecular complexity index is 605. The predicted octanol–water partition coefficient (Wildman–Crippen LogP) is 2.11.